The second-order valence-electron chi connectivity index (χ2n) is 5.85. The van der Waals surface area contributed by atoms with Crippen LogP contribution in [-0.4, -0.2) is 45.5 Å². The molecule has 0 atom stereocenters. The summed E-state index contributed by atoms with van der Waals surface area (Å²) < 4.78 is 22.1. The molecule has 0 aromatic carbocycles. The molecule has 1 saturated carbocycles. The van der Waals surface area contributed by atoms with Gasteiger partial charge in [-0.3, -0.25) is 4.99 Å². The lowest BCUT2D eigenvalue weighted by Gasteiger charge is -2.28. The van der Waals surface area contributed by atoms with Crippen LogP contribution in [0.15, 0.2) is 4.99 Å². The third-order valence-electron chi connectivity index (χ3n) is 3.64. The largest absolute Gasteiger partial charge is 0.357 e. The topological polar surface area (TPSA) is 70.6 Å². The highest BCUT2D eigenvalue weighted by Gasteiger charge is 2.18. The van der Waals surface area contributed by atoms with Gasteiger partial charge in [-0.2, -0.15) is 0 Å². The van der Waals surface area contributed by atoms with Crippen molar-refractivity contribution in [2.45, 2.75) is 52.0 Å². The molecule has 20 heavy (non-hydrogen) atoms. The Balaban J connectivity index is 2.38. The van der Waals surface area contributed by atoms with Gasteiger partial charge in [0.15, 0.2) is 5.96 Å². The minimum atomic E-state index is -2.88. The first-order valence-electron chi connectivity index (χ1n) is 7.63. The van der Waals surface area contributed by atoms with Crippen LogP contribution in [0.4, 0.5) is 0 Å². The van der Waals surface area contributed by atoms with Gasteiger partial charge in [-0.15, -0.1) is 0 Å². The first-order chi connectivity index (χ1) is 9.40. The lowest BCUT2D eigenvalue weighted by molar-refractivity contribution is 0.329. The Bertz CT molecular complexity index is 399. The summed E-state index contributed by atoms with van der Waals surface area (Å²) in [6.07, 6.45) is 6.76. The molecule has 0 bridgehead atoms. The van der Waals surface area contributed by atoms with Gasteiger partial charge in [0.05, 0.1) is 5.75 Å². The lowest BCUT2D eigenvalue weighted by Crippen LogP contribution is -2.44. The highest BCUT2D eigenvalue weighted by Crippen LogP contribution is 2.23. The van der Waals surface area contributed by atoms with Crippen LogP contribution < -0.4 is 10.6 Å². The average molecular weight is 303 g/mol. The van der Waals surface area contributed by atoms with Crippen molar-refractivity contribution < 1.29 is 8.42 Å². The van der Waals surface area contributed by atoms with E-state index in [2.05, 4.69) is 22.5 Å². The Morgan fingerprint density at radius 2 is 1.90 bits per heavy atom. The predicted molar refractivity (Wildman–Crippen MR) is 84.9 cm³/mol. The van der Waals surface area contributed by atoms with Gasteiger partial charge >= 0.3 is 0 Å². The van der Waals surface area contributed by atoms with E-state index in [1.165, 1.54) is 31.9 Å². The fourth-order valence-corrected chi connectivity index (χ4v) is 3.09. The van der Waals surface area contributed by atoms with Crippen molar-refractivity contribution in [3.05, 3.63) is 0 Å². The summed E-state index contributed by atoms with van der Waals surface area (Å²) in [7, 11) is -2.88. The van der Waals surface area contributed by atoms with Crippen molar-refractivity contribution in [3.8, 4) is 0 Å². The third kappa shape index (κ3) is 7.72. The van der Waals surface area contributed by atoms with E-state index in [-0.39, 0.29) is 5.75 Å². The van der Waals surface area contributed by atoms with E-state index in [1.807, 2.05) is 6.92 Å². The van der Waals surface area contributed by atoms with Gasteiger partial charge in [-0.25, -0.2) is 8.42 Å². The van der Waals surface area contributed by atoms with Crippen LogP contribution in [0.2, 0.25) is 0 Å². The molecule has 0 spiro atoms. The summed E-state index contributed by atoms with van der Waals surface area (Å²) in [5.41, 5.74) is 0. The molecule has 0 radical (unpaired) electrons. The fourth-order valence-electron chi connectivity index (χ4n) is 2.44. The van der Waals surface area contributed by atoms with Crippen LogP contribution in [0, 0.1) is 5.92 Å². The average Bonchev–Trinajstić information content (AvgIpc) is 2.36. The molecule has 1 fully saturated rings. The van der Waals surface area contributed by atoms with Crippen molar-refractivity contribution in [2.75, 3.05) is 25.1 Å². The number of nitrogens with zero attached hydrogens (tertiary/aromatic N) is 1. The summed E-state index contributed by atoms with van der Waals surface area (Å²) in [5.74, 6) is 1.86. The molecule has 0 unspecified atom stereocenters. The maximum Gasteiger partial charge on any atom is 0.191 e. The van der Waals surface area contributed by atoms with Gasteiger partial charge in [-0.1, -0.05) is 6.92 Å². The quantitative estimate of drug-likeness (QED) is 0.444. The minimum absolute atomic E-state index is 0.205. The fraction of sp³-hybridized carbons (Fsp3) is 0.929. The van der Waals surface area contributed by atoms with Crippen LogP contribution in [0.3, 0.4) is 0 Å². The van der Waals surface area contributed by atoms with E-state index >= 15 is 0 Å². The molecular weight excluding hydrogens is 274 g/mol. The van der Waals surface area contributed by atoms with Crippen LogP contribution in [0.1, 0.15) is 46.0 Å². The van der Waals surface area contributed by atoms with Crippen molar-refractivity contribution >= 4 is 15.8 Å². The Morgan fingerprint density at radius 1 is 1.25 bits per heavy atom. The highest BCUT2D eigenvalue weighted by molar-refractivity contribution is 7.90. The van der Waals surface area contributed by atoms with Gasteiger partial charge in [0, 0.05) is 25.4 Å². The second kappa shape index (κ2) is 8.49. The molecule has 0 amide bonds. The van der Waals surface area contributed by atoms with E-state index in [1.54, 1.807) is 0 Å². The zero-order valence-electron chi connectivity index (χ0n) is 13.0. The molecule has 1 aliphatic rings. The number of hydrogen-bond acceptors (Lipinski definition) is 3. The van der Waals surface area contributed by atoms with Crippen LogP contribution >= 0.6 is 0 Å². The molecule has 2 N–H and O–H groups in total. The van der Waals surface area contributed by atoms with Crippen LogP contribution in [0.5, 0.6) is 0 Å². The summed E-state index contributed by atoms with van der Waals surface area (Å²) >= 11 is 0. The van der Waals surface area contributed by atoms with E-state index in [9.17, 15) is 8.42 Å². The van der Waals surface area contributed by atoms with E-state index in [0.717, 1.165) is 18.4 Å². The zero-order valence-corrected chi connectivity index (χ0v) is 13.8. The Kier molecular flexibility index (Phi) is 7.34. The molecule has 0 aromatic heterocycles. The third-order valence-corrected chi connectivity index (χ3v) is 4.67. The lowest BCUT2D eigenvalue weighted by atomic mass is 9.87. The Morgan fingerprint density at radius 3 is 2.45 bits per heavy atom. The van der Waals surface area contributed by atoms with Crippen molar-refractivity contribution in [3.63, 3.8) is 0 Å². The van der Waals surface area contributed by atoms with Gasteiger partial charge in [0.25, 0.3) is 0 Å². The first kappa shape index (κ1) is 17.3. The molecule has 0 heterocycles. The number of nitrogens with one attached hydrogen (secondary N) is 2. The van der Waals surface area contributed by atoms with Crippen LogP contribution in [0.25, 0.3) is 0 Å². The summed E-state index contributed by atoms with van der Waals surface area (Å²) in [6, 6.07) is 0.499. The standard InChI is InChI=1S/C14H29N3O2S/c1-4-15-14(16-10-5-11-20(3,18)19)17-13-8-6-12(2)7-9-13/h12-13H,4-11H2,1-3H3,(H2,15,16,17). The summed E-state index contributed by atoms with van der Waals surface area (Å²) in [6.45, 7) is 5.71. The number of aliphatic imine (C=N–C) groups is 1. The van der Waals surface area contributed by atoms with Gasteiger partial charge < -0.3 is 10.6 Å². The van der Waals surface area contributed by atoms with Gasteiger partial charge in [-0.05, 0) is 44.9 Å². The number of sulfone groups is 1. The predicted octanol–water partition coefficient (Wildman–Crippen LogP) is 1.55. The Labute approximate surface area is 123 Å². The SMILES string of the molecule is CCNC(=NCCCS(C)(=O)=O)NC1CCC(C)CC1. The molecule has 1 rings (SSSR count). The minimum Gasteiger partial charge on any atom is -0.357 e. The van der Waals surface area contributed by atoms with Crippen LogP contribution in [-0.2, 0) is 9.84 Å². The Hall–Kier alpha value is -0.780. The molecule has 6 heteroatoms. The normalized spacial score (nSPS) is 24.4. The first-order valence-corrected chi connectivity index (χ1v) is 9.69. The molecule has 5 nitrogen and oxygen atoms in total. The van der Waals surface area contributed by atoms with Gasteiger partial charge in [0.1, 0.15) is 9.84 Å². The van der Waals surface area contributed by atoms with Crippen molar-refractivity contribution in [2.24, 2.45) is 10.9 Å². The molecule has 118 valence electrons. The summed E-state index contributed by atoms with van der Waals surface area (Å²) in [5, 5.41) is 6.69. The number of rotatable bonds is 6. The van der Waals surface area contributed by atoms with E-state index < -0.39 is 9.84 Å². The summed E-state index contributed by atoms with van der Waals surface area (Å²) in [4.78, 5) is 4.46. The highest BCUT2D eigenvalue weighted by atomic mass is 32.2. The molecule has 0 saturated heterocycles. The molecule has 0 aromatic rings. The number of guanidine groups is 1. The van der Waals surface area contributed by atoms with Crippen molar-refractivity contribution in [1.82, 2.24) is 10.6 Å². The molecule has 0 aliphatic heterocycles. The maximum atomic E-state index is 11.1. The molecular formula is C14H29N3O2S. The van der Waals surface area contributed by atoms with Gasteiger partial charge in [0.2, 0.25) is 0 Å². The van der Waals surface area contributed by atoms with E-state index in [4.69, 9.17) is 0 Å². The monoisotopic (exact) mass is 303 g/mol. The van der Waals surface area contributed by atoms with Crippen molar-refractivity contribution in [1.29, 1.82) is 0 Å². The molecule has 1 aliphatic carbocycles. The van der Waals surface area contributed by atoms with E-state index in [0.29, 0.717) is 19.0 Å². The second-order valence-corrected chi connectivity index (χ2v) is 8.10. The number of hydrogen-bond donors (Lipinski definition) is 2. The maximum absolute atomic E-state index is 11.1. The zero-order chi connectivity index (χ0) is 15.0. The smallest absolute Gasteiger partial charge is 0.191 e.